The molecular formula is C68H90N10O8. The van der Waals surface area contributed by atoms with Crippen LogP contribution in [0.25, 0.3) is 0 Å². The van der Waals surface area contributed by atoms with Gasteiger partial charge in [-0.3, -0.25) is 38.4 Å². The molecule has 8 atom stereocenters. The lowest BCUT2D eigenvalue weighted by molar-refractivity contribution is -0.143. The quantitative estimate of drug-likeness (QED) is 0.0449. The maximum absolute atomic E-state index is 15.1. The van der Waals surface area contributed by atoms with Crippen molar-refractivity contribution in [2.45, 2.75) is 177 Å². The molecule has 4 aromatic rings. The Balaban J connectivity index is 0.886. The molecule has 5 fully saturated rings. The number of carbonyl (C=O) groups is 8. The Bertz CT molecular complexity index is 2640. The van der Waals surface area contributed by atoms with Crippen LogP contribution in [0.4, 0.5) is 0 Å². The highest BCUT2D eigenvalue weighted by Crippen LogP contribution is 2.35. The first-order valence-electron chi connectivity index (χ1n) is 31.7. The van der Waals surface area contributed by atoms with Crippen LogP contribution in [0.3, 0.4) is 0 Å². The first-order chi connectivity index (χ1) is 41.7. The minimum atomic E-state index is -0.951. The maximum Gasteiger partial charge on any atom is 0.246 e. The van der Waals surface area contributed by atoms with E-state index in [0.29, 0.717) is 25.7 Å². The van der Waals surface area contributed by atoms with E-state index in [9.17, 15) is 28.8 Å². The molecule has 4 aromatic carbocycles. The standard InChI is InChI=1S/C68H90N10O8/c1-43(69-3)61(79)75-59(49-31-19-9-20-32-49)67(85)77-41-53(39-55(77)65(83)73-57(45-23-11-5-12-24-45)46-25-13-6-14-26-46)71-63(81)51-35-37-52(38-36-51)64(82)72-54-40-56(66(84)74-58(47-27-15-7-16-28-47)48-29-17-8-18-30-48)78(42-54)68(86)60(50-33-21-10-22-34-50)76-62(80)44(2)70-4/h5-8,11-18,23-30,43-44,49-60,69-70H,9-10,19-22,31-42H2,1-4H3,(H,71,81)(H,72,82)(H,73,83)(H,74,84)(H,75,79)(H,76,80)/t43-,44-,51?,52?,53-,54?,55-,56?,59-,60-/m0/s1. The van der Waals surface area contributed by atoms with Gasteiger partial charge in [0, 0.05) is 37.0 Å². The molecule has 460 valence electrons. The molecule has 9 rings (SSSR count). The summed E-state index contributed by atoms with van der Waals surface area (Å²) >= 11 is 0. The Morgan fingerprint density at radius 2 is 0.698 bits per heavy atom. The fourth-order valence-corrected chi connectivity index (χ4v) is 13.8. The van der Waals surface area contributed by atoms with Gasteiger partial charge in [-0.05, 0) is 126 Å². The van der Waals surface area contributed by atoms with Crippen LogP contribution < -0.4 is 42.5 Å². The number of hydrogen-bond acceptors (Lipinski definition) is 10. The molecule has 5 aliphatic rings. The molecule has 3 aliphatic carbocycles. The number of hydrogen-bond donors (Lipinski definition) is 8. The Morgan fingerprint density at radius 1 is 0.395 bits per heavy atom. The molecule has 0 bridgehead atoms. The molecular weight excluding hydrogens is 1080 g/mol. The molecule has 2 heterocycles. The fourth-order valence-electron chi connectivity index (χ4n) is 13.8. The Kier molecular flexibility index (Phi) is 22.2. The zero-order valence-corrected chi connectivity index (χ0v) is 50.5. The molecule has 0 aromatic heterocycles. The topological polar surface area (TPSA) is 239 Å². The molecule has 18 heteroatoms. The number of rotatable bonds is 22. The molecule has 2 unspecified atom stereocenters. The van der Waals surface area contributed by atoms with Crippen molar-refractivity contribution >= 4 is 47.3 Å². The van der Waals surface area contributed by atoms with Gasteiger partial charge in [0.1, 0.15) is 24.2 Å². The van der Waals surface area contributed by atoms with Crippen molar-refractivity contribution in [1.29, 1.82) is 0 Å². The third kappa shape index (κ3) is 15.8. The third-order valence-corrected chi connectivity index (χ3v) is 19.1. The predicted molar refractivity (Wildman–Crippen MR) is 329 cm³/mol. The monoisotopic (exact) mass is 1170 g/mol. The average molecular weight is 1180 g/mol. The van der Waals surface area contributed by atoms with Crippen molar-refractivity contribution in [3.05, 3.63) is 144 Å². The molecule has 3 saturated carbocycles. The summed E-state index contributed by atoms with van der Waals surface area (Å²) in [6, 6.07) is 31.7. The van der Waals surface area contributed by atoms with Crippen LogP contribution in [0.5, 0.6) is 0 Å². The number of amides is 8. The minimum absolute atomic E-state index is 0.0738. The normalized spacial score (nSPS) is 23.3. The van der Waals surface area contributed by atoms with Crippen molar-refractivity contribution in [3.8, 4) is 0 Å². The van der Waals surface area contributed by atoms with E-state index in [1.807, 2.05) is 121 Å². The first kappa shape index (κ1) is 63.1. The van der Waals surface area contributed by atoms with Gasteiger partial charge in [0.15, 0.2) is 0 Å². The smallest absolute Gasteiger partial charge is 0.246 e. The molecule has 8 N–H and O–H groups in total. The lowest BCUT2D eigenvalue weighted by atomic mass is 9.81. The second kappa shape index (κ2) is 30.3. The SMILES string of the molecule is CN[C@@H](C)C(=O)N[C@H](C(=O)N1CC(NC(=O)C2CCC(C(=O)N[C@H]3C[C@@H](C(=O)NC(c4ccccc4)c4ccccc4)N(C(=O)[C@@H](NC(=O)[C@H](C)NC)C4CCCCC4)C3)CC2)CC1C(=O)NC(c1ccccc1)c1ccccc1)C1CCCCC1. The van der Waals surface area contributed by atoms with Crippen LogP contribution in [0.15, 0.2) is 121 Å². The number of likely N-dealkylation sites (tertiary alicyclic amines) is 2. The molecule has 86 heavy (non-hydrogen) atoms. The van der Waals surface area contributed by atoms with E-state index < -0.39 is 72.3 Å². The van der Waals surface area contributed by atoms with Gasteiger partial charge in [0.2, 0.25) is 47.3 Å². The molecule has 2 aliphatic heterocycles. The minimum Gasteiger partial charge on any atom is -0.351 e. The summed E-state index contributed by atoms with van der Waals surface area (Å²) in [6.07, 6.45) is 10.9. The Labute approximate surface area is 507 Å². The highest BCUT2D eigenvalue weighted by molar-refractivity contribution is 5.96. The largest absolute Gasteiger partial charge is 0.351 e. The van der Waals surface area contributed by atoms with Crippen molar-refractivity contribution in [1.82, 2.24) is 52.3 Å². The summed E-state index contributed by atoms with van der Waals surface area (Å²) in [5, 5.41) is 25.1. The number of likely N-dealkylation sites (N-methyl/N-ethyl adjacent to an activating group) is 2. The molecule has 8 amide bonds. The van der Waals surface area contributed by atoms with Crippen molar-refractivity contribution in [2.24, 2.45) is 23.7 Å². The maximum atomic E-state index is 15.1. The molecule has 0 spiro atoms. The van der Waals surface area contributed by atoms with Crippen LogP contribution in [0.1, 0.15) is 151 Å². The number of carbonyl (C=O) groups excluding carboxylic acids is 8. The van der Waals surface area contributed by atoms with Crippen molar-refractivity contribution in [3.63, 3.8) is 0 Å². The van der Waals surface area contributed by atoms with Gasteiger partial charge in [-0.1, -0.05) is 160 Å². The summed E-state index contributed by atoms with van der Waals surface area (Å²) in [7, 11) is 3.39. The zero-order chi connectivity index (χ0) is 60.7. The number of benzene rings is 4. The van der Waals surface area contributed by atoms with Crippen LogP contribution in [0.2, 0.25) is 0 Å². The number of nitrogens with zero attached hydrogens (tertiary/aromatic N) is 2. The van der Waals surface area contributed by atoms with Gasteiger partial charge in [-0.2, -0.15) is 0 Å². The first-order valence-corrected chi connectivity index (χ1v) is 31.7. The van der Waals surface area contributed by atoms with Crippen molar-refractivity contribution < 1.29 is 38.4 Å². The molecule has 2 saturated heterocycles. The van der Waals surface area contributed by atoms with E-state index in [4.69, 9.17) is 0 Å². The van der Waals surface area contributed by atoms with E-state index in [2.05, 4.69) is 42.5 Å². The highest BCUT2D eigenvalue weighted by atomic mass is 16.2. The predicted octanol–water partition coefficient (Wildman–Crippen LogP) is 6.12. The average Bonchev–Trinajstić information content (AvgIpc) is 2.33. The fraction of sp³-hybridized carbons (Fsp3) is 0.529. The van der Waals surface area contributed by atoms with Gasteiger partial charge < -0.3 is 52.3 Å². The second-order valence-corrected chi connectivity index (χ2v) is 24.8. The molecule has 18 nitrogen and oxygen atoms in total. The third-order valence-electron chi connectivity index (χ3n) is 19.1. The van der Waals surface area contributed by atoms with Crippen LogP contribution in [-0.4, -0.2) is 133 Å². The van der Waals surface area contributed by atoms with Crippen molar-refractivity contribution in [2.75, 3.05) is 27.2 Å². The summed E-state index contributed by atoms with van der Waals surface area (Å²) in [6.45, 7) is 3.63. The number of nitrogens with one attached hydrogen (secondary N) is 8. The lowest BCUT2D eigenvalue weighted by Gasteiger charge is -2.35. The van der Waals surface area contributed by atoms with E-state index >= 15 is 9.59 Å². The summed E-state index contributed by atoms with van der Waals surface area (Å²) in [5.41, 5.74) is 3.48. The van der Waals surface area contributed by atoms with Crippen LogP contribution >= 0.6 is 0 Å². The summed E-state index contributed by atoms with van der Waals surface area (Å²) in [4.78, 5) is 119. The Hall–Kier alpha value is -7.44. The van der Waals surface area contributed by atoms with Gasteiger partial charge in [-0.25, -0.2) is 0 Å². The van der Waals surface area contributed by atoms with E-state index in [-0.39, 0.29) is 85.0 Å². The van der Waals surface area contributed by atoms with E-state index in [1.54, 1.807) is 37.7 Å². The second-order valence-electron chi connectivity index (χ2n) is 24.8. The van der Waals surface area contributed by atoms with Crippen LogP contribution in [-0.2, 0) is 38.4 Å². The van der Waals surface area contributed by atoms with Gasteiger partial charge in [0.05, 0.1) is 24.2 Å². The van der Waals surface area contributed by atoms with Gasteiger partial charge in [0.25, 0.3) is 0 Å². The molecule has 0 radical (unpaired) electrons. The zero-order valence-electron chi connectivity index (χ0n) is 50.5. The summed E-state index contributed by atoms with van der Waals surface area (Å²) in [5.74, 6) is -3.52. The summed E-state index contributed by atoms with van der Waals surface area (Å²) < 4.78 is 0. The lowest BCUT2D eigenvalue weighted by Crippen LogP contribution is -2.58. The van der Waals surface area contributed by atoms with E-state index in [1.165, 1.54) is 0 Å². The van der Waals surface area contributed by atoms with Gasteiger partial charge >= 0.3 is 0 Å². The Morgan fingerprint density at radius 3 is 0.988 bits per heavy atom. The highest BCUT2D eigenvalue weighted by Gasteiger charge is 2.48. The van der Waals surface area contributed by atoms with Gasteiger partial charge in [-0.15, -0.1) is 0 Å². The van der Waals surface area contributed by atoms with E-state index in [0.717, 1.165) is 86.5 Å². The van der Waals surface area contributed by atoms with Crippen LogP contribution in [0, 0.1) is 23.7 Å².